The maximum absolute atomic E-state index is 10.9. The maximum Gasteiger partial charge on any atom is 0.342 e. The Morgan fingerprint density at radius 3 is 3.00 bits per heavy atom. The number of rotatable bonds is 4. The molecule has 84 valence electrons. The zero-order chi connectivity index (χ0) is 11.5. The second kappa shape index (κ2) is 4.11. The molecule has 0 aliphatic rings. The number of aliphatic hydroxyl groups is 1. The minimum atomic E-state index is -0.626. The van der Waals surface area contributed by atoms with Crippen LogP contribution in [0.3, 0.4) is 0 Å². The highest BCUT2D eigenvalue weighted by atomic mass is 16.6. The number of fused-ring (bicyclic) bond motifs is 1. The van der Waals surface area contributed by atoms with Crippen LogP contribution in [0.25, 0.3) is 11.0 Å². The van der Waals surface area contributed by atoms with E-state index in [-0.39, 0.29) is 35.7 Å². The number of benzene rings is 1. The van der Waals surface area contributed by atoms with Gasteiger partial charge in [0.05, 0.1) is 11.5 Å². The number of nitrogens with zero attached hydrogens (tertiary/aromatic N) is 3. The second-order valence-electron chi connectivity index (χ2n) is 2.87. The van der Waals surface area contributed by atoms with Crippen molar-refractivity contribution < 1.29 is 19.4 Å². The van der Waals surface area contributed by atoms with E-state index in [1.165, 1.54) is 12.1 Å². The van der Waals surface area contributed by atoms with E-state index in [1.807, 2.05) is 0 Å². The minimum absolute atomic E-state index is 0.0282. The number of ether oxygens (including phenoxy) is 1. The number of nitro groups is 1. The molecule has 0 unspecified atom stereocenters. The third-order valence-corrected chi connectivity index (χ3v) is 1.90. The van der Waals surface area contributed by atoms with Crippen molar-refractivity contribution in [3.05, 3.63) is 22.2 Å². The number of aliphatic hydroxyl groups excluding tert-OH is 1. The third kappa shape index (κ3) is 1.65. The molecule has 8 heteroatoms. The van der Waals surface area contributed by atoms with E-state index in [2.05, 4.69) is 14.9 Å². The maximum atomic E-state index is 10.9. The summed E-state index contributed by atoms with van der Waals surface area (Å²) < 4.78 is 9.43. The van der Waals surface area contributed by atoms with E-state index < -0.39 is 4.92 Å². The molecule has 0 radical (unpaired) electrons. The molecule has 2 aromatic rings. The first kappa shape index (κ1) is 10.3. The molecular weight excluding hydrogens is 218 g/mol. The summed E-state index contributed by atoms with van der Waals surface area (Å²) in [6.45, 7) is -0.260. The lowest BCUT2D eigenvalue weighted by molar-refractivity contribution is -0.384. The summed E-state index contributed by atoms with van der Waals surface area (Å²) in [5.74, 6) is 0.0299. The lowest BCUT2D eigenvalue weighted by Gasteiger charge is -2.03. The van der Waals surface area contributed by atoms with Crippen molar-refractivity contribution in [3.63, 3.8) is 0 Å². The number of aromatic nitrogens is 2. The highest BCUT2D eigenvalue weighted by Crippen LogP contribution is 2.33. The Bertz CT molecular complexity index is 523. The Morgan fingerprint density at radius 2 is 2.31 bits per heavy atom. The average Bonchev–Trinajstić information content (AvgIpc) is 2.72. The van der Waals surface area contributed by atoms with Gasteiger partial charge in [0.2, 0.25) is 5.52 Å². The molecule has 8 nitrogen and oxygen atoms in total. The monoisotopic (exact) mass is 225 g/mol. The van der Waals surface area contributed by atoms with Crippen molar-refractivity contribution in [3.8, 4) is 5.75 Å². The normalized spacial score (nSPS) is 10.6. The van der Waals surface area contributed by atoms with Crippen molar-refractivity contribution >= 4 is 16.7 Å². The van der Waals surface area contributed by atoms with Crippen LogP contribution in [0.2, 0.25) is 0 Å². The van der Waals surface area contributed by atoms with Crippen molar-refractivity contribution in [2.45, 2.75) is 0 Å². The third-order valence-electron chi connectivity index (χ3n) is 1.90. The molecule has 0 bridgehead atoms. The second-order valence-corrected chi connectivity index (χ2v) is 2.87. The van der Waals surface area contributed by atoms with Gasteiger partial charge in [-0.15, -0.1) is 0 Å². The summed E-state index contributed by atoms with van der Waals surface area (Å²) in [5.41, 5.74) is -0.00399. The summed E-state index contributed by atoms with van der Waals surface area (Å²) in [4.78, 5) is 10.2. The van der Waals surface area contributed by atoms with Crippen LogP contribution in [0, 0.1) is 10.1 Å². The van der Waals surface area contributed by atoms with Gasteiger partial charge in [-0.2, -0.15) is 0 Å². The fraction of sp³-hybridized carbons (Fsp3) is 0.250. The lowest BCUT2D eigenvalue weighted by atomic mass is 10.2. The molecule has 0 fully saturated rings. The van der Waals surface area contributed by atoms with Gasteiger partial charge in [0.1, 0.15) is 12.1 Å². The fourth-order valence-corrected chi connectivity index (χ4v) is 1.27. The quantitative estimate of drug-likeness (QED) is 0.595. The summed E-state index contributed by atoms with van der Waals surface area (Å²) in [6.07, 6.45) is 0. The molecule has 0 saturated heterocycles. The highest BCUT2D eigenvalue weighted by Gasteiger charge is 2.23. The van der Waals surface area contributed by atoms with Crippen molar-refractivity contribution in [1.29, 1.82) is 0 Å². The first-order valence-electron chi connectivity index (χ1n) is 4.37. The number of hydrogen-bond donors (Lipinski definition) is 1. The molecule has 1 heterocycles. The van der Waals surface area contributed by atoms with E-state index in [0.29, 0.717) is 0 Å². The van der Waals surface area contributed by atoms with Crippen LogP contribution in [0.5, 0.6) is 5.75 Å². The molecule has 0 amide bonds. The SMILES string of the molecule is O=[N+]([O-])c1c(OCCO)ccc2nonc12. The van der Waals surface area contributed by atoms with Crippen molar-refractivity contribution in [2.24, 2.45) is 0 Å². The van der Waals surface area contributed by atoms with E-state index >= 15 is 0 Å². The molecule has 0 aliphatic heterocycles. The van der Waals surface area contributed by atoms with Gasteiger partial charge in [-0.05, 0) is 22.4 Å². The van der Waals surface area contributed by atoms with Gasteiger partial charge in [0.15, 0.2) is 5.75 Å². The lowest BCUT2D eigenvalue weighted by Crippen LogP contribution is -2.04. The Balaban J connectivity index is 2.54. The van der Waals surface area contributed by atoms with Crippen molar-refractivity contribution in [1.82, 2.24) is 10.3 Å². The van der Waals surface area contributed by atoms with E-state index in [9.17, 15) is 10.1 Å². The zero-order valence-electron chi connectivity index (χ0n) is 7.99. The average molecular weight is 225 g/mol. The molecule has 0 spiro atoms. The van der Waals surface area contributed by atoms with Crippen molar-refractivity contribution in [2.75, 3.05) is 13.2 Å². The smallest absolute Gasteiger partial charge is 0.342 e. The van der Waals surface area contributed by atoms with Crippen LogP contribution in [-0.4, -0.2) is 33.6 Å². The van der Waals surface area contributed by atoms with Crippen LogP contribution in [-0.2, 0) is 0 Å². The molecule has 2 rings (SSSR count). The van der Waals surface area contributed by atoms with Crippen LogP contribution in [0.4, 0.5) is 5.69 Å². The molecule has 0 atom stereocenters. The molecule has 1 N–H and O–H groups in total. The first-order valence-corrected chi connectivity index (χ1v) is 4.37. The van der Waals surface area contributed by atoms with Crippen LogP contribution >= 0.6 is 0 Å². The Hall–Kier alpha value is -2.22. The zero-order valence-corrected chi connectivity index (χ0v) is 7.99. The first-order chi connectivity index (χ1) is 7.74. The van der Waals surface area contributed by atoms with Gasteiger partial charge in [-0.3, -0.25) is 10.1 Å². The van der Waals surface area contributed by atoms with Gasteiger partial charge >= 0.3 is 5.69 Å². The predicted octanol–water partition coefficient (Wildman–Crippen LogP) is 0.502. The Morgan fingerprint density at radius 1 is 1.50 bits per heavy atom. The van der Waals surface area contributed by atoms with Gasteiger partial charge in [0, 0.05) is 0 Å². The molecule has 1 aromatic heterocycles. The van der Waals surface area contributed by atoms with Crippen LogP contribution in [0.1, 0.15) is 0 Å². The van der Waals surface area contributed by atoms with Crippen LogP contribution in [0.15, 0.2) is 16.8 Å². The van der Waals surface area contributed by atoms with E-state index in [1.54, 1.807) is 0 Å². The fourth-order valence-electron chi connectivity index (χ4n) is 1.27. The van der Waals surface area contributed by atoms with Gasteiger partial charge < -0.3 is 9.84 Å². The van der Waals surface area contributed by atoms with Gasteiger partial charge in [-0.1, -0.05) is 0 Å². The van der Waals surface area contributed by atoms with Gasteiger partial charge in [-0.25, -0.2) is 4.63 Å². The minimum Gasteiger partial charge on any atom is -0.484 e. The van der Waals surface area contributed by atoms with E-state index in [4.69, 9.17) is 9.84 Å². The molecule has 1 aromatic carbocycles. The van der Waals surface area contributed by atoms with Gasteiger partial charge in [0.25, 0.3) is 0 Å². The number of hydrogen-bond acceptors (Lipinski definition) is 7. The number of nitro benzene ring substituents is 1. The van der Waals surface area contributed by atoms with E-state index in [0.717, 1.165) is 0 Å². The largest absolute Gasteiger partial charge is 0.484 e. The Labute approximate surface area is 88.5 Å². The standard InChI is InChI=1S/C8H7N3O5/c12-3-4-15-6-2-1-5-7(10-16-9-5)8(6)11(13)14/h1-2,12H,3-4H2. The highest BCUT2D eigenvalue weighted by molar-refractivity contribution is 5.86. The summed E-state index contributed by atoms with van der Waals surface area (Å²) in [6, 6.07) is 2.88. The summed E-state index contributed by atoms with van der Waals surface area (Å²) in [7, 11) is 0. The summed E-state index contributed by atoms with van der Waals surface area (Å²) in [5, 5.41) is 26.4. The molecule has 0 aliphatic carbocycles. The topological polar surface area (TPSA) is 112 Å². The molecular formula is C8H7N3O5. The molecule has 0 saturated carbocycles. The predicted molar refractivity (Wildman–Crippen MR) is 51.0 cm³/mol. The van der Waals surface area contributed by atoms with Crippen LogP contribution < -0.4 is 4.74 Å². The summed E-state index contributed by atoms with van der Waals surface area (Å²) >= 11 is 0. The molecule has 16 heavy (non-hydrogen) atoms. The Kier molecular flexibility index (Phi) is 2.64.